The Kier molecular flexibility index (Phi) is 6.27. The molecule has 2 rings (SSSR count). The van der Waals surface area contributed by atoms with Crippen LogP contribution in [0.25, 0.3) is 0 Å². The van der Waals surface area contributed by atoms with Gasteiger partial charge in [-0.1, -0.05) is 47.1 Å². The Bertz CT molecular complexity index is 553. The van der Waals surface area contributed by atoms with Crippen LogP contribution in [0.3, 0.4) is 0 Å². The van der Waals surface area contributed by atoms with Gasteiger partial charge in [-0.2, -0.15) is 0 Å². The normalized spacial score (nSPS) is 12.1. The summed E-state index contributed by atoms with van der Waals surface area (Å²) in [6.45, 7) is 3.52. The smallest absolute Gasteiger partial charge is 0.119 e. The molecule has 2 aromatic rings. The van der Waals surface area contributed by atoms with E-state index < -0.39 is 0 Å². The lowest BCUT2D eigenvalue weighted by Crippen LogP contribution is -2.15. The number of hydrogen-bond acceptors (Lipinski definition) is 2. The first-order valence-electron chi connectivity index (χ1n) is 7.40. The summed E-state index contributed by atoms with van der Waals surface area (Å²) in [5.41, 5.74) is 8.52. The number of hydrogen-bond donors (Lipinski definition) is 1. The molecular formula is C18H22BrNO. The van der Waals surface area contributed by atoms with E-state index in [2.05, 4.69) is 53.2 Å². The molecule has 3 heteroatoms. The van der Waals surface area contributed by atoms with Gasteiger partial charge < -0.3 is 10.5 Å². The van der Waals surface area contributed by atoms with Crippen LogP contribution < -0.4 is 10.5 Å². The summed E-state index contributed by atoms with van der Waals surface area (Å²) in [5, 5.41) is 0. The molecule has 1 unspecified atom stereocenters. The van der Waals surface area contributed by atoms with E-state index in [0.717, 1.165) is 29.7 Å². The van der Waals surface area contributed by atoms with Crippen LogP contribution in [0, 0.1) is 0 Å². The molecule has 0 aliphatic carbocycles. The molecule has 0 aliphatic heterocycles. The molecule has 0 bridgehead atoms. The maximum atomic E-state index is 5.96. The number of nitrogens with two attached hydrogens (primary N) is 1. The van der Waals surface area contributed by atoms with Crippen molar-refractivity contribution >= 4 is 15.9 Å². The fraction of sp³-hybridized carbons (Fsp3) is 0.333. The van der Waals surface area contributed by atoms with E-state index in [1.54, 1.807) is 0 Å². The lowest BCUT2D eigenvalue weighted by Gasteiger charge is -2.16. The minimum absolute atomic E-state index is 0.338. The number of rotatable bonds is 7. The molecule has 0 spiro atoms. The Hall–Kier alpha value is -1.32. The van der Waals surface area contributed by atoms with Crippen LogP contribution >= 0.6 is 15.9 Å². The van der Waals surface area contributed by atoms with Gasteiger partial charge in [0.15, 0.2) is 0 Å². The minimum atomic E-state index is 0.338. The van der Waals surface area contributed by atoms with Crippen molar-refractivity contribution in [1.29, 1.82) is 0 Å². The van der Waals surface area contributed by atoms with Crippen molar-refractivity contribution in [2.24, 2.45) is 5.73 Å². The van der Waals surface area contributed by atoms with E-state index in [1.165, 1.54) is 11.1 Å². The Balaban J connectivity index is 2.04. The first-order valence-corrected chi connectivity index (χ1v) is 8.19. The fourth-order valence-electron chi connectivity index (χ4n) is 2.32. The second-order valence-electron chi connectivity index (χ2n) is 5.18. The molecule has 0 amide bonds. The Morgan fingerprint density at radius 1 is 1.14 bits per heavy atom. The van der Waals surface area contributed by atoms with Gasteiger partial charge in [-0.05, 0) is 54.8 Å². The van der Waals surface area contributed by atoms with E-state index in [4.69, 9.17) is 10.5 Å². The average molecular weight is 348 g/mol. The second kappa shape index (κ2) is 8.20. The van der Waals surface area contributed by atoms with Crippen molar-refractivity contribution in [2.45, 2.75) is 25.7 Å². The van der Waals surface area contributed by atoms with Crippen LogP contribution in [0.1, 0.15) is 30.4 Å². The lowest BCUT2D eigenvalue weighted by atomic mass is 9.92. The Labute approximate surface area is 135 Å². The van der Waals surface area contributed by atoms with Crippen molar-refractivity contribution in [2.75, 3.05) is 13.2 Å². The van der Waals surface area contributed by atoms with Crippen LogP contribution in [-0.4, -0.2) is 13.2 Å². The van der Waals surface area contributed by atoms with Crippen molar-refractivity contribution in [3.63, 3.8) is 0 Å². The highest BCUT2D eigenvalue weighted by Crippen LogP contribution is 2.24. The summed E-state index contributed by atoms with van der Waals surface area (Å²) in [5.74, 6) is 1.28. The van der Waals surface area contributed by atoms with Crippen LogP contribution in [0.2, 0.25) is 0 Å². The zero-order chi connectivity index (χ0) is 15.1. The van der Waals surface area contributed by atoms with Crippen LogP contribution in [-0.2, 0) is 6.42 Å². The van der Waals surface area contributed by atoms with Gasteiger partial charge in [-0.3, -0.25) is 0 Å². The molecule has 2 nitrogen and oxygen atoms in total. The molecule has 21 heavy (non-hydrogen) atoms. The lowest BCUT2D eigenvalue weighted by molar-refractivity contribution is 0.317. The molecule has 0 saturated carbocycles. The SMILES string of the molecule is CCCOc1ccc(CC(CN)c2cccc(Br)c2)cc1. The van der Waals surface area contributed by atoms with E-state index in [-0.39, 0.29) is 0 Å². The first-order chi connectivity index (χ1) is 10.2. The largest absolute Gasteiger partial charge is 0.494 e. The molecule has 1 atom stereocenters. The van der Waals surface area contributed by atoms with Gasteiger partial charge in [0, 0.05) is 10.4 Å². The van der Waals surface area contributed by atoms with Crippen molar-refractivity contribution in [3.05, 3.63) is 64.1 Å². The summed E-state index contributed by atoms with van der Waals surface area (Å²) < 4.78 is 6.71. The third-order valence-corrected chi connectivity index (χ3v) is 3.98. The van der Waals surface area contributed by atoms with Gasteiger partial charge in [-0.25, -0.2) is 0 Å². The standard InChI is InChI=1S/C18H22BrNO/c1-2-10-21-18-8-6-14(7-9-18)11-16(13-20)15-4-3-5-17(19)12-15/h3-9,12,16H,2,10-11,13,20H2,1H3. The molecule has 0 radical (unpaired) electrons. The fourth-order valence-corrected chi connectivity index (χ4v) is 2.74. The number of halogens is 1. The van der Waals surface area contributed by atoms with Crippen molar-refractivity contribution in [3.8, 4) is 5.75 Å². The van der Waals surface area contributed by atoms with E-state index >= 15 is 0 Å². The first kappa shape index (κ1) is 16.1. The summed E-state index contributed by atoms with van der Waals surface area (Å²) >= 11 is 3.52. The molecule has 112 valence electrons. The van der Waals surface area contributed by atoms with Gasteiger partial charge in [-0.15, -0.1) is 0 Å². The molecule has 2 aromatic carbocycles. The van der Waals surface area contributed by atoms with Crippen LogP contribution in [0.5, 0.6) is 5.75 Å². The maximum Gasteiger partial charge on any atom is 0.119 e. The molecular weight excluding hydrogens is 326 g/mol. The molecule has 0 fully saturated rings. The zero-order valence-electron chi connectivity index (χ0n) is 12.4. The summed E-state index contributed by atoms with van der Waals surface area (Å²) in [7, 11) is 0. The quantitative estimate of drug-likeness (QED) is 0.798. The second-order valence-corrected chi connectivity index (χ2v) is 6.10. The molecule has 0 aliphatic rings. The van der Waals surface area contributed by atoms with Gasteiger partial charge in [0.1, 0.15) is 5.75 Å². The summed E-state index contributed by atoms with van der Waals surface area (Å²) in [6, 6.07) is 16.7. The molecule has 0 heterocycles. The minimum Gasteiger partial charge on any atom is -0.494 e. The van der Waals surface area contributed by atoms with E-state index in [0.29, 0.717) is 12.5 Å². The Morgan fingerprint density at radius 3 is 2.52 bits per heavy atom. The zero-order valence-corrected chi connectivity index (χ0v) is 14.0. The van der Waals surface area contributed by atoms with Crippen LogP contribution in [0.15, 0.2) is 53.0 Å². The predicted molar refractivity (Wildman–Crippen MR) is 91.9 cm³/mol. The van der Waals surface area contributed by atoms with E-state index in [9.17, 15) is 0 Å². The van der Waals surface area contributed by atoms with Gasteiger partial charge >= 0.3 is 0 Å². The summed E-state index contributed by atoms with van der Waals surface area (Å²) in [6.07, 6.45) is 1.97. The molecule has 0 aromatic heterocycles. The topological polar surface area (TPSA) is 35.2 Å². The molecule has 2 N–H and O–H groups in total. The monoisotopic (exact) mass is 347 g/mol. The highest BCUT2D eigenvalue weighted by Gasteiger charge is 2.11. The highest BCUT2D eigenvalue weighted by molar-refractivity contribution is 9.10. The Morgan fingerprint density at radius 2 is 1.90 bits per heavy atom. The summed E-state index contributed by atoms with van der Waals surface area (Å²) in [4.78, 5) is 0. The third-order valence-electron chi connectivity index (χ3n) is 3.48. The number of ether oxygens (including phenoxy) is 1. The average Bonchev–Trinajstić information content (AvgIpc) is 2.51. The van der Waals surface area contributed by atoms with E-state index in [1.807, 2.05) is 18.2 Å². The van der Waals surface area contributed by atoms with Gasteiger partial charge in [0.2, 0.25) is 0 Å². The number of benzene rings is 2. The van der Waals surface area contributed by atoms with Crippen molar-refractivity contribution in [1.82, 2.24) is 0 Å². The van der Waals surface area contributed by atoms with Gasteiger partial charge in [0.25, 0.3) is 0 Å². The molecule has 0 saturated heterocycles. The van der Waals surface area contributed by atoms with Crippen molar-refractivity contribution < 1.29 is 4.74 Å². The predicted octanol–water partition coefficient (Wildman–Crippen LogP) is 4.52. The maximum absolute atomic E-state index is 5.96. The van der Waals surface area contributed by atoms with Gasteiger partial charge in [0.05, 0.1) is 6.61 Å². The van der Waals surface area contributed by atoms with Crippen LogP contribution in [0.4, 0.5) is 0 Å². The highest BCUT2D eigenvalue weighted by atomic mass is 79.9. The third kappa shape index (κ3) is 4.87.